The lowest BCUT2D eigenvalue weighted by Gasteiger charge is -2.17. The number of rotatable bonds is 3. The van der Waals surface area contributed by atoms with Crippen molar-refractivity contribution < 1.29 is 4.74 Å². The third kappa shape index (κ3) is 2.81. The zero-order valence-corrected chi connectivity index (χ0v) is 10.9. The minimum atomic E-state index is 0.714. The van der Waals surface area contributed by atoms with Gasteiger partial charge in [0.05, 0.1) is 0 Å². The maximum Gasteiger partial charge on any atom is 0.129 e. The molecule has 3 nitrogen and oxygen atoms in total. The fraction of sp³-hybridized carbons (Fsp3) is 0.250. The molecule has 3 rings (SSSR count). The second-order valence-electron chi connectivity index (χ2n) is 4.86. The molecule has 0 unspecified atom stereocenters. The van der Waals surface area contributed by atoms with Gasteiger partial charge in [0.25, 0.3) is 0 Å². The molecule has 0 bridgehead atoms. The molecule has 0 radical (unpaired) electrons. The Morgan fingerprint density at radius 3 is 2.32 bits per heavy atom. The number of anilines is 2. The van der Waals surface area contributed by atoms with E-state index in [-0.39, 0.29) is 0 Å². The van der Waals surface area contributed by atoms with Crippen LogP contribution in [0.4, 0.5) is 11.4 Å². The van der Waals surface area contributed by atoms with E-state index >= 15 is 0 Å². The number of hydrogen-bond acceptors (Lipinski definition) is 3. The average Bonchev–Trinajstić information content (AvgIpc) is 2.94. The van der Waals surface area contributed by atoms with Crippen LogP contribution < -0.4 is 15.4 Å². The minimum absolute atomic E-state index is 0.714. The van der Waals surface area contributed by atoms with Crippen molar-refractivity contribution >= 4 is 11.4 Å². The van der Waals surface area contributed by atoms with Crippen LogP contribution in [0.3, 0.4) is 0 Å². The highest BCUT2D eigenvalue weighted by Crippen LogP contribution is 2.26. The first-order valence-electron chi connectivity index (χ1n) is 6.70. The van der Waals surface area contributed by atoms with Crippen LogP contribution in [0.5, 0.6) is 11.5 Å². The highest BCUT2D eigenvalue weighted by molar-refractivity contribution is 5.51. The van der Waals surface area contributed by atoms with Gasteiger partial charge in [-0.1, -0.05) is 6.07 Å². The molecule has 3 heteroatoms. The molecule has 1 aliphatic heterocycles. The van der Waals surface area contributed by atoms with Crippen molar-refractivity contribution in [2.45, 2.75) is 12.8 Å². The first-order chi connectivity index (χ1) is 9.31. The van der Waals surface area contributed by atoms with E-state index in [1.807, 2.05) is 36.4 Å². The van der Waals surface area contributed by atoms with Crippen molar-refractivity contribution in [2.75, 3.05) is 23.7 Å². The number of nitrogen functional groups attached to an aromatic ring is 1. The molecule has 98 valence electrons. The van der Waals surface area contributed by atoms with Gasteiger partial charge in [-0.3, -0.25) is 0 Å². The summed E-state index contributed by atoms with van der Waals surface area (Å²) < 4.78 is 5.78. The quantitative estimate of drug-likeness (QED) is 0.849. The number of hydrogen-bond donors (Lipinski definition) is 1. The lowest BCUT2D eigenvalue weighted by atomic mass is 10.2. The number of nitrogens with zero attached hydrogens (tertiary/aromatic N) is 1. The third-order valence-electron chi connectivity index (χ3n) is 3.40. The molecular formula is C16H18N2O. The predicted octanol–water partition coefficient (Wildman–Crippen LogP) is 3.66. The van der Waals surface area contributed by atoms with Crippen LogP contribution in [-0.2, 0) is 0 Å². The van der Waals surface area contributed by atoms with Gasteiger partial charge >= 0.3 is 0 Å². The Balaban J connectivity index is 1.72. The molecule has 0 saturated carbocycles. The summed E-state index contributed by atoms with van der Waals surface area (Å²) in [5.41, 5.74) is 7.72. The predicted molar refractivity (Wildman–Crippen MR) is 78.8 cm³/mol. The van der Waals surface area contributed by atoms with Gasteiger partial charge in [-0.2, -0.15) is 0 Å². The average molecular weight is 254 g/mol. The Morgan fingerprint density at radius 1 is 0.895 bits per heavy atom. The summed E-state index contributed by atoms with van der Waals surface area (Å²) in [6.45, 7) is 2.32. The molecule has 19 heavy (non-hydrogen) atoms. The molecule has 1 aliphatic rings. The first-order valence-corrected chi connectivity index (χ1v) is 6.70. The van der Waals surface area contributed by atoms with Crippen LogP contribution in [-0.4, -0.2) is 13.1 Å². The first kappa shape index (κ1) is 11.9. The van der Waals surface area contributed by atoms with Gasteiger partial charge in [-0.05, 0) is 49.2 Å². The maximum atomic E-state index is 5.78. The molecule has 0 aromatic heterocycles. The Bertz CT molecular complexity index is 545. The molecule has 0 aliphatic carbocycles. The Morgan fingerprint density at radius 2 is 1.63 bits per heavy atom. The highest BCUT2D eigenvalue weighted by atomic mass is 16.5. The Kier molecular flexibility index (Phi) is 3.27. The summed E-state index contributed by atoms with van der Waals surface area (Å²) in [7, 11) is 0. The highest BCUT2D eigenvalue weighted by Gasteiger charge is 2.11. The maximum absolute atomic E-state index is 5.78. The van der Waals surface area contributed by atoms with Gasteiger partial charge in [0.1, 0.15) is 11.5 Å². The van der Waals surface area contributed by atoms with Crippen molar-refractivity contribution in [2.24, 2.45) is 0 Å². The molecule has 0 atom stereocenters. The zero-order valence-electron chi connectivity index (χ0n) is 10.9. The number of ether oxygens (including phenoxy) is 1. The third-order valence-corrected chi connectivity index (χ3v) is 3.40. The van der Waals surface area contributed by atoms with E-state index < -0.39 is 0 Å². The van der Waals surface area contributed by atoms with Crippen LogP contribution in [0.2, 0.25) is 0 Å². The second kappa shape index (κ2) is 5.22. The summed E-state index contributed by atoms with van der Waals surface area (Å²) in [4.78, 5) is 2.41. The monoisotopic (exact) mass is 254 g/mol. The van der Waals surface area contributed by atoms with Crippen molar-refractivity contribution in [1.82, 2.24) is 0 Å². The van der Waals surface area contributed by atoms with Gasteiger partial charge in [0.2, 0.25) is 0 Å². The summed E-state index contributed by atoms with van der Waals surface area (Å²) in [5, 5.41) is 0. The zero-order chi connectivity index (χ0) is 13.1. The topological polar surface area (TPSA) is 38.5 Å². The van der Waals surface area contributed by atoms with Crippen molar-refractivity contribution in [1.29, 1.82) is 0 Å². The summed E-state index contributed by atoms with van der Waals surface area (Å²) in [6.07, 6.45) is 2.59. The molecule has 2 aromatic rings. The van der Waals surface area contributed by atoms with Crippen molar-refractivity contribution in [3.63, 3.8) is 0 Å². The molecule has 1 saturated heterocycles. The fourth-order valence-corrected chi connectivity index (χ4v) is 2.41. The van der Waals surface area contributed by atoms with Gasteiger partial charge in [-0.15, -0.1) is 0 Å². The van der Waals surface area contributed by atoms with E-state index in [4.69, 9.17) is 10.5 Å². The van der Waals surface area contributed by atoms with E-state index in [9.17, 15) is 0 Å². The van der Waals surface area contributed by atoms with E-state index in [2.05, 4.69) is 17.0 Å². The standard InChI is InChI=1S/C16H18N2O/c17-13-4-3-5-16(12-13)19-15-8-6-14(7-9-15)18-10-1-2-11-18/h3-9,12H,1-2,10-11,17H2. The molecule has 2 N–H and O–H groups in total. The normalized spacial score (nSPS) is 14.6. The van der Waals surface area contributed by atoms with Gasteiger partial charge in [0, 0.05) is 30.5 Å². The van der Waals surface area contributed by atoms with Gasteiger partial charge < -0.3 is 15.4 Å². The number of nitrogens with two attached hydrogens (primary N) is 1. The van der Waals surface area contributed by atoms with Gasteiger partial charge in [0.15, 0.2) is 0 Å². The van der Waals surface area contributed by atoms with Gasteiger partial charge in [-0.25, -0.2) is 0 Å². The SMILES string of the molecule is Nc1cccc(Oc2ccc(N3CCCC3)cc2)c1. The molecule has 0 spiro atoms. The minimum Gasteiger partial charge on any atom is -0.457 e. The summed E-state index contributed by atoms with van der Waals surface area (Å²) in [6, 6.07) is 15.7. The van der Waals surface area contributed by atoms with Crippen LogP contribution in [0.15, 0.2) is 48.5 Å². The fourth-order valence-electron chi connectivity index (χ4n) is 2.41. The lowest BCUT2D eigenvalue weighted by molar-refractivity contribution is 0.483. The van der Waals surface area contributed by atoms with Crippen LogP contribution in [0.25, 0.3) is 0 Å². The van der Waals surface area contributed by atoms with E-state index in [1.165, 1.54) is 18.5 Å². The molecular weight excluding hydrogens is 236 g/mol. The van der Waals surface area contributed by atoms with E-state index in [1.54, 1.807) is 0 Å². The molecule has 2 aromatic carbocycles. The van der Waals surface area contributed by atoms with Crippen molar-refractivity contribution in [3.05, 3.63) is 48.5 Å². The summed E-state index contributed by atoms with van der Waals surface area (Å²) in [5.74, 6) is 1.61. The summed E-state index contributed by atoms with van der Waals surface area (Å²) >= 11 is 0. The Labute approximate surface area is 113 Å². The molecule has 1 fully saturated rings. The lowest BCUT2D eigenvalue weighted by Crippen LogP contribution is -2.17. The molecule has 0 amide bonds. The van der Waals surface area contributed by atoms with Crippen LogP contribution >= 0.6 is 0 Å². The van der Waals surface area contributed by atoms with Crippen LogP contribution in [0, 0.1) is 0 Å². The van der Waals surface area contributed by atoms with E-state index in [0.717, 1.165) is 24.6 Å². The second-order valence-corrected chi connectivity index (χ2v) is 4.86. The van der Waals surface area contributed by atoms with Crippen molar-refractivity contribution in [3.8, 4) is 11.5 Å². The molecule has 1 heterocycles. The smallest absolute Gasteiger partial charge is 0.129 e. The van der Waals surface area contributed by atoms with Crippen LogP contribution in [0.1, 0.15) is 12.8 Å². The largest absolute Gasteiger partial charge is 0.457 e. The van der Waals surface area contributed by atoms with E-state index in [0.29, 0.717) is 5.69 Å². The Hall–Kier alpha value is -2.16. The number of benzene rings is 2.